The second-order valence-electron chi connectivity index (χ2n) is 6.95. The topological polar surface area (TPSA) is 95.1 Å². The normalized spacial score (nSPS) is 13.6. The fourth-order valence-corrected chi connectivity index (χ4v) is 2.93. The smallest absolute Gasteiger partial charge is 0.274 e. The number of amides is 1. The number of nitrogens with zero attached hydrogens (tertiary/aromatic N) is 3. The molecule has 0 spiro atoms. The fourth-order valence-electron chi connectivity index (χ4n) is 2.93. The van der Waals surface area contributed by atoms with Crippen LogP contribution in [0.5, 0.6) is 5.75 Å². The molecule has 2 aromatic rings. The maximum Gasteiger partial charge on any atom is 0.274 e. The van der Waals surface area contributed by atoms with Crippen LogP contribution in [0.15, 0.2) is 24.3 Å². The van der Waals surface area contributed by atoms with Crippen LogP contribution in [0.2, 0.25) is 0 Å². The number of carbonyl (C=O) groups is 1. The first-order valence-electron chi connectivity index (χ1n) is 8.39. The van der Waals surface area contributed by atoms with Crippen molar-refractivity contribution in [1.82, 2.24) is 20.3 Å². The average molecular weight is 345 g/mol. The number of nitrogens with one attached hydrogen (secondary N) is 1. The van der Waals surface area contributed by atoms with Crippen LogP contribution in [0.3, 0.4) is 0 Å². The molecule has 1 aromatic carbocycles. The predicted octanol–water partition coefficient (Wildman–Crippen LogP) is 2.08. The Kier molecular flexibility index (Phi) is 5.79. The van der Waals surface area contributed by atoms with Crippen molar-refractivity contribution in [3.63, 3.8) is 0 Å². The molecule has 0 radical (unpaired) electrons. The fraction of sp³-hybridized carbons (Fsp3) is 0.500. The number of rotatable bonds is 7. The molecule has 25 heavy (non-hydrogen) atoms. The van der Waals surface area contributed by atoms with Gasteiger partial charge in [-0.05, 0) is 50.5 Å². The van der Waals surface area contributed by atoms with Gasteiger partial charge in [0.2, 0.25) is 0 Å². The van der Waals surface area contributed by atoms with Gasteiger partial charge in [-0.3, -0.25) is 4.79 Å². The summed E-state index contributed by atoms with van der Waals surface area (Å²) >= 11 is 0. The first kappa shape index (κ1) is 18.9. The lowest BCUT2D eigenvalue weighted by molar-refractivity contribution is 0.0892. The van der Waals surface area contributed by atoms with E-state index in [-0.39, 0.29) is 5.91 Å². The summed E-state index contributed by atoms with van der Waals surface area (Å²) in [6.45, 7) is 8.34. The van der Waals surface area contributed by atoms with Crippen molar-refractivity contribution in [1.29, 1.82) is 0 Å². The van der Waals surface area contributed by atoms with E-state index in [1.54, 1.807) is 11.8 Å². The van der Waals surface area contributed by atoms with E-state index >= 15 is 0 Å². The van der Waals surface area contributed by atoms with Crippen molar-refractivity contribution in [2.24, 2.45) is 11.7 Å². The molecule has 3 N–H and O–H groups in total. The molecule has 0 saturated carbocycles. The number of aromatic nitrogens is 3. The first-order valence-corrected chi connectivity index (χ1v) is 8.39. The van der Waals surface area contributed by atoms with Crippen molar-refractivity contribution in [3.05, 3.63) is 35.7 Å². The van der Waals surface area contributed by atoms with Crippen molar-refractivity contribution < 1.29 is 9.53 Å². The molecule has 2 rings (SSSR count). The van der Waals surface area contributed by atoms with E-state index in [4.69, 9.17) is 10.5 Å². The van der Waals surface area contributed by atoms with Gasteiger partial charge in [-0.15, -0.1) is 5.10 Å². The van der Waals surface area contributed by atoms with Crippen LogP contribution in [0.25, 0.3) is 5.69 Å². The van der Waals surface area contributed by atoms with Gasteiger partial charge < -0.3 is 15.8 Å². The lowest BCUT2D eigenvalue weighted by atomic mass is 9.90. The maximum atomic E-state index is 12.7. The second kappa shape index (κ2) is 7.65. The van der Waals surface area contributed by atoms with Crippen LogP contribution in [-0.4, -0.2) is 40.1 Å². The summed E-state index contributed by atoms with van der Waals surface area (Å²) in [7, 11) is 1.61. The van der Waals surface area contributed by atoms with Crippen molar-refractivity contribution >= 4 is 5.91 Å². The Morgan fingerprint density at radius 1 is 1.36 bits per heavy atom. The molecule has 7 heteroatoms. The number of hydrogen-bond acceptors (Lipinski definition) is 5. The molecular formula is C18H27N5O2. The van der Waals surface area contributed by atoms with E-state index < -0.39 is 5.54 Å². The minimum atomic E-state index is -0.471. The summed E-state index contributed by atoms with van der Waals surface area (Å²) in [6.07, 6.45) is 0.793. The Balaban J connectivity index is 2.23. The lowest BCUT2D eigenvalue weighted by Gasteiger charge is -2.30. The van der Waals surface area contributed by atoms with Gasteiger partial charge in [0.1, 0.15) is 5.75 Å². The van der Waals surface area contributed by atoms with Crippen molar-refractivity contribution in [2.45, 2.75) is 39.7 Å². The van der Waals surface area contributed by atoms with Crippen LogP contribution in [-0.2, 0) is 0 Å². The van der Waals surface area contributed by atoms with Gasteiger partial charge in [0, 0.05) is 6.54 Å². The highest BCUT2D eigenvalue weighted by molar-refractivity contribution is 5.93. The van der Waals surface area contributed by atoms with Crippen molar-refractivity contribution in [2.75, 3.05) is 13.7 Å². The summed E-state index contributed by atoms with van der Waals surface area (Å²) < 4.78 is 6.79. The molecule has 0 aliphatic heterocycles. The molecule has 0 saturated heterocycles. The van der Waals surface area contributed by atoms with Gasteiger partial charge in [-0.25, -0.2) is 4.68 Å². The summed E-state index contributed by atoms with van der Waals surface area (Å²) in [6, 6.07) is 7.41. The Morgan fingerprint density at radius 3 is 2.52 bits per heavy atom. The zero-order chi connectivity index (χ0) is 18.6. The number of methoxy groups -OCH3 is 1. The number of ether oxygens (including phenoxy) is 1. The lowest BCUT2D eigenvalue weighted by Crippen LogP contribution is -2.52. The molecule has 1 atom stereocenters. The quantitative estimate of drug-likeness (QED) is 0.801. The molecule has 0 bridgehead atoms. The summed E-state index contributed by atoms with van der Waals surface area (Å²) in [5.41, 5.74) is 7.20. The van der Waals surface area contributed by atoms with E-state index in [9.17, 15) is 4.79 Å². The predicted molar refractivity (Wildman–Crippen MR) is 97.0 cm³/mol. The summed E-state index contributed by atoms with van der Waals surface area (Å²) in [5.74, 6) is 0.919. The molecule has 0 aliphatic carbocycles. The largest absolute Gasteiger partial charge is 0.497 e. The number of nitrogens with two attached hydrogens (primary N) is 1. The van der Waals surface area contributed by atoms with Gasteiger partial charge >= 0.3 is 0 Å². The molecule has 1 amide bonds. The molecule has 1 unspecified atom stereocenters. The number of benzene rings is 1. The second-order valence-corrected chi connectivity index (χ2v) is 6.95. The molecule has 136 valence electrons. The highest BCUT2D eigenvalue weighted by Crippen LogP contribution is 2.19. The first-order chi connectivity index (χ1) is 11.8. The van der Waals surface area contributed by atoms with Crippen LogP contribution in [0.4, 0.5) is 0 Å². The molecule has 1 heterocycles. The average Bonchev–Trinajstić information content (AvgIpc) is 2.96. The summed E-state index contributed by atoms with van der Waals surface area (Å²) in [4.78, 5) is 12.7. The maximum absolute atomic E-state index is 12.7. The number of hydrogen-bond donors (Lipinski definition) is 2. The molecule has 7 nitrogen and oxygen atoms in total. The third kappa shape index (κ3) is 4.36. The van der Waals surface area contributed by atoms with Gasteiger partial charge in [-0.2, -0.15) is 0 Å². The Bertz CT molecular complexity index is 724. The van der Waals surface area contributed by atoms with Crippen LogP contribution in [0.1, 0.15) is 43.4 Å². The minimum absolute atomic E-state index is 0.258. The number of carbonyl (C=O) groups excluding carboxylic acids is 1. The standard InChI is InChI=1S/C18H27N5O2/c1-12(2)10-18(4,11-19)20-17(24)16-13(3)23(22-21-16)14-6-8-15(25-5)9-7-14/h6-9,12H,10-11,19H2,1-5H3,(H,20,24). The molecule has 0 aliphatic rings. The van der Waals surface area contributed by atoms with Gasteiger partial charge in [0.05, 0.1) is 24.0 Å². The Labute approximate surface area is 148 Å². The van der Waals surface area contributed by atoms with E-state index in [2.05, 4.69) is 29.5 Å². The van der Waals surface area contributed by atoms with E-state index in [1.807, 2.05) is 38.1 Å². The highest BCUT2D eigenvalue weighted by Gasteiger charge is 2.28. The van der Waals surface area contributed by atoms with Gasteiger partial charge in [0.15, 0.2) is 5.69 Å². The van der Waals surface area contributed by atoms with Crippen molar-refractivity contribution in [3.8, 4) is 11.4 Å². The molecule has 0 fully saturated rings. The summed E-state index contributed by atoms with van der Waals surface area (Å²) in [5, 5.41) is 11.2. The van der Waals surface area contributed by atoms with E-state index in [0.717, 1.165) is 17.9 Å². The molecular weight excluding hydrogens is 318 g/mol. The third-order valence-corrected chi connectivity index (χ3v) is 4.15. The minimum Gasteiger partial charge on any atom is -0.497 e. The van der Waals surface area contributed by atoms with Gasteiger partial charge in [-0.1, -0.05) is 19.1 Å². The van der Waals surface area contributed by atoms with Crippen LogP contribution < -0.4 is 15.8 Å². The monoisotopic (exact) mass is 345 g/mol. The zero-order valence-electron chi connectivity index (χ0n) is 15.5. The van der Waals surface area contributed by atoms with Crippen LogP contribution >= 0.6 is 0 Å². The van der Waals surface area contributed by atoms with E-state index in [1.165, 1.54) is 0 Å². The Morgan fingerprint density at radius 2 is 2.00 bits per heavy atom. The van der Waals surface area contributed by atoms with E-state index in [0.29, 0.717) is 23.9 Å². The van der Waals surface area contributed by atoms with Crippen LogP contribution in [0, 0.1) is 12.8 Å². The van der Waals surface area contributed by atoms with Gasteiger partial charge in [0.25, 0.3) is 5.91 Å². The highest BCUT2D eigenvalue weighted by atomic mass is 16.5. The molecule has 1 aromatic heterocycles. The SMILES string of the molecule is COc1ccc(-n2nnc(C(=O)NC(C)(CN)CC(C)C)c2C)cc1. The Hall–Kier alpha value is -2.41. The third-order valence-electron chi connectivity index (χ3n) is 4.15. The zero-order valence-corrected chi connectivity index (χ0v) is 15.5.